The van der Waals surface area contributed by atoms with Crippen LogP contribution < -0.4 is 5.32 Å². The van der Waals surface area contributed by atoms with E-state index >= 15 is 0 Å². The number of rotatable bonds is 6. The molecule has 0 radical (unpaired) electrons. The van der Waals surface area contributed by atoms with E-state index in [1.807, 2.05) is 10.9 Å². The lowest BCUT2D eigenvalue weighted by molar-refractivity contribution is 0.587. The minimum absolute atomic E-state index is 0.311. The van der Waals surface area contributed by atoms with Crippen molar-refractivity contribution in [3.05, 3.63) is 23.5 Å². The molecule has 5 heteroatoms. The number of nitrogens with zero attached hydrogens (tertiary/aromatic N) is 3. The molecule has 0 saturated heterocycles. The van der Waals surface area contributed by atoms with E-state index < -0.39 is 0 Å². The van der Waals surface area contributed by atoms with Gasteiger partial charge in [0.05, 0.1) is 11.9 Å². The second-order valence-corrected chi connectivity index (χ2v) is 5.21. The molecule has 0 aromatic carbocycles. The van der Waals surface area contributed by atoms with Crippen LogP contribution in [0.5, 0.6) is 0 Å². The van der Waals surface area contributed by atoms with Gasteiger partial charge in [-0.1, -0.05) is 13.8 Å². The Morgan fingerprint density at radius 2 is 2.28 bits per heavy atom. The zero-order valence-electron chi connectivity index (χ0n) is 11.2. The van der Waals surface area contributed by atoms with Crippen LogP contribution in [-0.4, -0.2) is 21.3 Å². The summed E-state index contributed by atoms with van der Waals surface area (Å²) in [6.45, 7) is 8.33. The van der Waals surface area contributed by atoms with Crippen LogP contribution in [-0.2, 0) is 6.54 Å². The molecule has 0 saturated carbocycles. The molecule has 0 spiro atoms. The lowest BCUT2D eigenvalue weighted by atomic mass is 10.2. The van der Waals surface area contributed by atoms with E-state index in [1.54, 1.807) is 11.3 Å². The average Bonchev–Trinajstić information content (AvgIpc) is 2.97. The molecule has 0 fully saturated rings. The minimum atomic E-state index is 0.311. The fourth-order valence-corrected chi connectivity index (χ4v) is 2.74. The van der Waals surface area contributed by atoms with Crippen molar-refractivity contribution < 1.29 is 0 Å². The first-order valence-corrected chi connectivity index (χ1v) is 7.34. The first-order valence-electron chi connectivity index (χ1n) is 6.46. The Balaban J connectivity index is 2.13. The maximum absolute atomic E-state index is 4.68. The Morgan fingerprint density at radius 3 is 3.00 bits per heavy atom. The van der Waals surface area contributed by atoms with Gasteiger partial charge in [0.2, 0.25) is 0 Å². The normalized spacial score (nSPS) is 12.8. The monoisotopic (exact) mass is 264 g/mol. The standard InChI is InChI=1S/C13H20N4S/c1-4-6-17-8-11(7-15-17)13-16-12(9-18-13)10(3)14-5-2/h7-10,14H,4-6H2,1-3H3. The first-order chi connectivity index (χ1) is 8.74. The minimum Gasteiger partial charge on any atom is -0.309 e. The highest BCUT2D eigenvalue weighted by Crippen LogP contribution is 2.25. The van der Waals surface area contributed by atoms with Crippen molar-refractivity contribution in [3.63, 3.8) is 0 Å². The maximum Gasteiger partial charge on any atom is 0.126 e. The summed E-state index contributed by atoms with van der Waals surface area (Å²) in [6, 6.07) is 0.311. The first kappa shape index (κ1) is 13.2. The number of aromatic nitrogens is 3. The number of hydrogen-bond donors (Lipinski definition) is 1. The van der Waals surface area contributed by atoms with Crippen LogP contribution in [0.15, 0.2) is 17.8 Å². The third-order valence-corrected chi connectivity index (χ3v) is 3.72. The fraction of sp³-hybridized carbons (Fsp3) is 0.538. The Kier molecular flexibility index (Phi) is 4.49. The predicted molar refractivity (Wildman–Crippen MR) is 75.7 cm³/mol. The van der Waals surface area contributed by atoms with Gasteiger partial charge in [0.25, 0.3) is 0 Å². The molecule has 0 aliphatic carbocycles. The van der Waals surface area contributed by atoms with E-state index in [1.165, 1.54) is 0 Å². The van der Waals surface area contributed by atoms with Gasteiger partial charge < -0.3 is 5.32 Å². The summed E-state index contributed by atoms with van der Waals surface area (Å²) < 4.78 is 1.98. The van der Waals surface area contributed by atoms with Crippen molar-refractivity contribution in [3.8, 4) is 10.6 Å². The van der Waals surface area contributed by atoms with E-state index in [4.69, 9.17) is 0 Å². The van der Waals surface area contributed by atoms with Crippen molar-refractivity contribution in [1.82, 2.24) is 20.1 Å². The van der Waals surface area contributed by atoms with Crippen LogP contribution in [0.2, 0.25) is 0 Å². The molecular weight excluding hydrogens is 244 g/mol. The SMILES string of the molecule is CCCn1cc(-c2nc(C(C)NCC)cs2)cn1. The summed E-state index contributed by atoms with van der Waals surface area (Å²) in [4.78, 5) is 4.68. The molecule has 4 nitrogen and oxygen atoms in total. The highest BCUT2D eigenvalue weighted by atomic mass is 32.1. The highest BCUT2D eigenvalue weighted by molar-refractivity contribution is 7.13. The molecule has 0 aliphatic rings. The molecule has 0 bridgehead atoms. The molecule has 18 heavy (non-hydrogen) atoms. The Bertz CT molecular complexity index is 489. The van der Waals surface area contributed by atoms with Crippen molar-refractivity contribution in [2.75, 3.05) is 6.54 Å². The van der Waals surface area contributed by atoms with Crippen molar-refractivity contribution >= 4 is 11.3 Å². The van der Waals surface area contributed by atoms with Gasteiger partial charge in [-0.2, -0.15) is 5.10 Å². The number of thiazole rings is 1. The molecule has 98 valence electrons. The quantitative estimate of drug-likeness (QED) is 0.872. The molecule has 2 rings (SSSR count). The molecule has 2 aromatic heterocycles. The Morgan fingerprint density at radius 1 is 1.44 bits per heavy atom. The third-order valence-electron chi connectivity index (χ3n) is 2.81. The van der Waals surface area contributed by atoms with Crippen LogP contribution in [0.1, 0.15) is 38.9 Å². The van der Waals surface area contributed by atoms with Gasteiger partial charge in [-0.15, -0.1) is 11.3 Å². The van der Waals surface area contributed by atoms with Gasteiger partial charge in [-0.25, -0.2) is 4.98 Å². The third kappa shape index (κ3) is 2.97. The second-order valence-electron chi connectivity index (χ2n) is 4.35. The summed E-state index contributed by atoms with van der Waals surface area (Å²) in [7, 11) is 0. The van der Waals surface area contributed by atoms with Gasteiger partial charge in [0, 0.05) is 29.7 Å². The Hall–Kier alpha value is -1.20. The fourth-order valence-electron chi connectivity index (χ4n) is 1.85. The number of hydrogen-bond acceptors (Lipinski definition) is 4. The van der Waals surface area contributed by atoms with E-state index in [0.29, 0.717) is 6.04 Å². The Labute approximate surface area is 112 Å². The van der Waals surface area contributed by atoms with Gasteiger partial charge in [0.15, 0.2) is 0 Å². The number of aryl methyl sites for hydroxylation is 1. The molecular formula is C13H20N4S. The van der Waals surface area contributed by atoms with Crippen molar-refractivity contribution in [1.29, 1.82) is 0 Å². The molecule has 0 aliphatic heterocycles. The lowest BCUT2D eigenvalue weighted by Crippen LogP contribution is -2.17. The second kappa shape index (κ2) is 6.11. The smallest absolute Gasteiger partial charge is 0.126 e. The maximum atomic E-state index is 4.68. The van der Waals surface area contributed by atoms with Crippen molar-refractivity contribution in [2.45, 2.75) is 39.8 Å². The van der Waals surface area contributed by atoms with Crippen LogP contribution >= 0.6 is 11.3 Å². The van der Waals surface area contributed by atoms with Crippen LogP contribution in [0, 0.1) is 0 Å². The molecule has 1 unspecified atom stereocenters. The summed E-state index contributed by atoms with van der Waals surface area (Å²) in [5.74, 6) is 0. The molecule has 1 atom stereocenters. The average molecular weight is 264 g/mol. The molecule has 2 heterocycles. The van der Waals surface area contributed by atoms with E-state index in [2.05, 4.69) is 47.7 Å². The van der Waals surface area contributed by atoms with Crippen molar-refractivity contribution in [2.24, 2.45) is 0 Å². The molecule has 2 aromatic rings. The van der Waals surface area contributed by atoms with E-state index in [9.17, 15) is 0 Å². The van der Waals surface area contributed by atoms with E-state index in [0.717, 1.165) is 35.8 Å². The van der Waals surface area contributed by atoms with Gasteiger partial charge in [-0.3, -0.25) is 4.68 Å². The van der Waals surface area contributed by atoms with E-state index in [-0.39, 0.29) is 0 Å². The lowest BCUT2D eigenvalue weighted by Gasteiger charge is -2.07. The molecule has 0 amide bonds. The van der Waals surface area contributed by atoms with Gasteiger partial charge >= 0.3 is 0 Å². The highest BCUT2D eigenvalue weighted by Gasteiger charge is 2.11. The predicted octanol–water partition coefficient (Wildman–Crippen LogP) is 3.09. The van der Waals surface area contributed by atoms with Crippen LogP contribution in [0.4, 0.5) is 0 Å². The van der Waals surface area contributed by atoms with Crippen LogP contribution in [0.25, 0.3) is 10.6 Å². The summed E-state index contributed by atoms with van der Waals surface area (Å²) >= 11 is 1.68. The van der Waals surface area contributed by atoms with Crippen LogP contribution in [0.3, 0.4) is 0 Å². The van der Waals surface area contributed by atoms with Gasteiger partial charge in [0.1, 0.15) is 5.01 Å². The zero-order valence-corrected chi connectivity index (χ0v) is 12.0. The summed E-state index contributed by atoms with van der Waals surface area (Å²) in [5, 5.41) is 10.9. The zero-order chi connectivity index (χ0) is 13.0. The largest absolute Gasteiger partial charge is 0.309 e. The van der Waals surface area contributed by atoms with Gasteiger partial charge in [-0.05, 0) is 19.9 Å². The topological polar surface area (TPSA) is 42.7 Å². The summed E-state index contributed by atoms with van der Waals surface area (Å²) in [6.07, 6.45) is 5.07. The summed E-state index contributed by atoms with van der Waals surface area (Å²) in [5.41, 5.74) is 2.23. The molecule has 1 N–H and O–H groups in total. The number of nitrogens with one attached hydrogen (secondary N) is 1.